The number of benzene rings is 1. The highest BCUT2D eigenvalue weighted by atomic mass is 16.2. The number of rotatable bonds is 5. The fourth-order valence-electron chi connectivity index (χ4n) is 4.64. The number of carbonyl (C=O) groups excluding carboxylic acids is 2. The summed E-state index contributed by atoms with van der Waals surface area (Å²) in [5.74, 6) is -0.00484. The minimum atomic E-state index is -0.656. The zero-order valence-electron chi connectivity index (χ0n) is 18.6. The van der Waals surface area contributed by atoms with Gasteiger partial charge < -0.3 is 9.80 Å². The number of hydrogen-bond acceptors (Lipinski definition) is 4. The van der Waals surface area contributed by atoms with Crippen LogP contribution in [0.3, 0.4) is 0 Å². The number of amides is 2. The lowest BCUT2D eigenvalue weighted by molar-refractivity contribution is -0.142. The van der Waals surface area contributed by atoms with E-state index in [9.17, 15) is 9.59 Å². The topological polar surface area (TPSA) is 66.4 Å². The monoisotopic (exact) mass is 428 g/mol. The maximum absolute atomic E-state index is 13.5. The molecule has 0 aliphatic carbocycles. The van der Waals surface area contributed by atoms with E-state index >= 15 is 0 Å². The largest absolute Gasteiger partial charge is 0.348 e. The highest BCUT2D eigenvalue weighted by Gasteiger charge is 2.44. The highest BCUT2D eigenvalue weighted by molar-refractivity contribution is 5.94. The molecule has 1 aliphatic rings. The Bertz CT molecular complexity index is 1090. The average molecular weight is 429 g/mol. The SMILES string of the molecule is CN(C)C(=O)[C@]1(Cc2cccc(-c3ccncc3)c2)CCCN(C(=O)c2cccnc2)C1. The molecular weight excluding hydrogens is 400 g/mol. The normalized spacial score (nSPS) is 18.2. The zero-order valence-corrected chi connectivity index (χ0v) is 18.6. The van der Waals surface area contributed by atoms with Crippen LogP contribution in [0.25, 0.3) is 11.1 Å². The van der Waals surface area contributed by atoms with E-state index in [4.69, 9.17) is 0 Å². The second kappa shape index (κ2) is 9.30. The van der Waals surface area contributed by atoms with Crippen LogP contribution in [-0.4, -0.2) is 58.8 Å². The molecule has 0 saturated carbocycles. The molecule has 0 spiro atoms. The summed E-state index contributed by atoms with van der Waals surface area (Å²) in [4.78, 5) is 38.2. The Kier molecular flexibility index (Phi) is 6.30. The number of hydrogen-bond donors (Lipinski definition) is 0. The smallest absolute Gasteiger partial charge is 0.255 e. The molecular formula is C26H28N4O2. The summed E-state index contributed by atoms with van der Waals surface area (Å²) >= 11 is 0. The Morgan fingerprint density at radius 3 is 2.53 bits per heavy atom. The highest BCUT2D eigenvalue weighted by Crippen LogP contribution is 2.37. The summed E-state index contributed by atoms with van der Waals surface area (Å²) in [5, 5.41) is 0. The first-order chi connectivity index (χ1) is 15.5. The van der Waals surface area contributed by atoms with E-state index in [0.717, 1.165) is 29.5 Å². The second-order valence-electron chi connectivity index (χ2n) is 8.66. The van der Waals surface area contributed by atoms with Crippen molar-refractivity contribution in [3.63, 3.8) is 0 Å². The molecule has 164 valence electrons. The fraction of sp³-hybridized carbons (Fsp3) is 0.308. The molecule has 6 heteroatoms. The first-order valence-electron chi connectivity index (χ1n) is 10.9. The predicted octanol–water partition coefficient (Wildman–Crippen LogP) is 3.70. The molecule has 0 bridgehead atoms. The quantitative estimate of drug-likeness (QED) is 0.622. The van der Waals surface area contributed by atoms with Crippen LogP contribution in [0.15, 0.2) is 73.3 Å². The zero-order chi connectivity index (χ0) is 22.6. The summed E-state index contributed by atoms with van der Waals surface area (Å²) in [5.41, 5.74) is 3.17. The van der Waals surface area contributed by atoms with Crippen LogP contribution in [0.5, 0.6) is 0 Å². The average Bonchev–Trinajstić information content (AvgIpc) is 2.84. The standard InChI is InChI=1S/C26H28N4O2/c1-29(2)25(32)26(11-5-15-30(19-26)24(31)23-8-4-12-28-18-23)17-20-6-3-7-22(16-20)21-9-13-27-14-10-21/h3-4,6-10,12-14,16,18H,5,11,15,17,19H2,1-2H3/t26-/m0/s1. The molecule has 3 heterocycles. The van der Waals surface area contributed by atoms with Crippen LogP contribution in [0.4, 0.5) is 0 Å². The van der Waals surface area contributed by atoms with Crippen molar-refractivity contribution in [1.29, 1.82) is 0 Å². The molecule has 1 aromatic carbocycles. The lowest BCUT2D eigenvalue weighted by atomic mass is 9.73. The van der Waals surface area contributed by atoms with Gasteiger partial charge >= 0.3 is 0 Å². The van der Waals surface area contributed by atoms with Crippen LogP contribution in [-0.2, 0) is 11.2 Å². The van der Waals surface area contributed by atoms with Gasteiger partial charge in [-0.2, -0.15) is 0 Å². The molecule has 2 amide bonds. The van der Waals surface area contributed by atoms with E-state index < -0.39 is 5.41 Å². The van der Waals surface area contributed by atoms with Crippen molar-refractivity contribution in [1.82, 2.24) is 19.8 Å². The fourth-order valence-corrected chi connectivity index (χ4v) is 4.64. The Balaban J connectivity index is 1.64. The third-order valence-corrected chi connectivity index (χ3v) is 6.12. The van der Waals surface area contributed by atoms with Crippen molar-refractivity contribution >= 4 is 11.8 Å². The van der Waals surface area contributed by atoms with E-state index in [-0.39, 0.29) is 11.8 Å². The van der Waals surface area contributed by atoms with Crippen molar-refractivity contribution in [3.05, 3.63) is 84.4 Å². The summed E-state index contributed by atoms with van der Waals surface area (Å²) < 4.78 is 0. The Morgan fingerprint density at radius 1 is 1.00 bits per heavy atom. The summed E-state index contributed by atoms with van der Waals surface area (Å²) in [6, 6.07) is 15.8. The van der Waals surface area contributed by atoms with Gasteiger partial charge in [0.1, 0.15) is 0 Å². The van der Waals surface area contributed by atoms with Gasteiger partial charge in [0.2, 0.25) is 5.91 Å². The van der Waals surface area contributed by atoms with Crippen LogP contribution in [0, 0.1) is 5.41 Å². The molecule has 0 N–H and O–H groups in total. The Hall–Kier alpha value is -3.54. The molecule has 4 rings (SSSR count). The van der Waals surface area contributed by atoms with Gasteiger partial charge in [-0.25, -0.2) is 0 Å². The lowest BCUT2D eigenvalue weighted by Gasteiger charge is -2.43. The van der Waals surface area contributed by atoms with Crippen LogP contribution < -0.4 is 0 Å². The molecule has 1 aliphatic heterocycles. The molecule has 1 atom stereocenters. The summed E-state index contributed by atoms with van der Waals surface area (Å²) in [7, 11) is 3.58. The minimum Gasteiger partial charge on any atom is -0.348 e. The minimum absolute atomic E-state index is 0.0653. The molecule has 32 heavy (non-hydrogen) atoms. The maximum atomic E-state index is 13.5. The number of nitrogens with zero attached hydrogens (tertiary/aromatic N) is 4. The van der Waals surface area contributed by atoms with Crippen LogP contribution in [0.1, 0.15) is 28.8 Å². The van der Waals surface area contributed by atoms with Gasteiger partial charge in [0, 0.05) is 52.0 Å². The predicted molar refractivity (Wildman–Crippen MR) is 124 cm³/mol. The van der Waals surface area contributed by atoms with Crippen molar-refractivity contribution in [2.45, 2.75) is 19.3 Å². The van der Waals surface area contributed by atoms with E-state index in [0.29, 0.717) is 25.1 Å². The van der Waals surface area contributed by atoms with Crippen molar-refractivity contribution < 1.29 is 9.59 Å². The number of aromatic nitrogens is 2. The first-order valence-corrected chi connectivity index (χ1v) is 10.9. The molecule has 0 radical (unpaired) electrons. The van der Waals surface area contributed by atoms with Crippen molar-refractivity contribution in [2.24, 2.45) is 5.41 Å². The number of likely N-dealkylation sites (tertiary alicyclic amines) is 1. The van der Waals surface area contributed by atoms with Gasteiger partial charge in [0.15, 0.2) is 0 Å². The van der Waals surface area contributed by atoms with Gasteiger partial charge in [-0.05, 0) is 60.2 Å². The van der Waals surface area contributed by atoms with Crippen LogP contribution in [0.2, 0.25) is 0 Å². The van der Waals surface area contributed by atoms with E-state index in [1.54, 1.807) is 55.9 Å². The van der Waals surface area contributed by atoms with E-state index in [1.807, 2.05) is 23.1 Å². The van der Waals surface area contributed by atoms with Gasteiger partial charge in [0.05, 0.1) is 11.0 Å². The molecule has 1 saturated heterocycles. The Morgan fingerprint density at radius 2 is 1.81 bits per heavy atom. The number of piperidine rings is 1. The number of pyridine rings is 2. The van der Waals surface area contributed by atoms with Gasteiger partial charge in [0.25, 0.3) is 5.91 Å². The third-order valence-electron chi connectivity index (χ3n) is 6.12. The molecule has 0 unspecified atom stereocenters. The van der Waals surface area contributed by atoms with Crippen molar-refractivity contribution in [2.75, 3.05) is 27.2 Å². The van der Waals surface area contributed by atoms with Crippen molar-refractivity contribution in [3.8, 4) is 11.1 Å². The Labute approximate surface area is 188 Å². The third kappa shape index (κ3) is 4.54. The van der Waals surface area contributed by atoms with Gasteiger partial charge in [-0.3, -0.25) is 19.6 Å². The second-order valence-corrected chi connectivity index (χ2v) is 8.66. The van der Waals surface area contributed by atoms with Gasteiger partial charge in [-0.1, -0.05) is 24.3 Å². The van der Waals surface area contributed by atoms with Crippen LogP contribution >= 0.6 is 0 Å². The molecule has 2 aromatic heterocycles. The molecule has 6 nitrogen and oxygen atoms in total. The first kappa shape index (κ1) is 21.7. The molecule has 3 aromatic rings. The van der Waals surface area contributed by atoms with Gasteiger partial charge in [-0.15, -0.1) is 0 Å². The molecule has 1 fully saturated rings. The maximum Gasteiger partial charge on any atom is 0.255 e. The lowest BCUT2D eigenvalue weighted by Crippen LogP contribution is -2.54. The van der Waals surface area contributed by atoms with E-state index in [1.165, 1.54) is 0 Å². The summed E-state index contributed by atoms with van der Waals surface area (Å²) in [6.45, 7) is 1.05. The summed E-state index contributed by atoms with van der Waals surface area (Å²) in [6.07, 6.45) is 8.92. The number of carbonyl (C=O) groups is 2. The van der Waals surface area contributed by atoms with E-state index in [2.05, 4.69) is 28.2 Å².